The van der Waals surface area contributed by atoms with E-state index in [1.807, 2.05) is 13.8 Å². The zero-order chi connectivity index (χ0) is 30.3. The van der Waals surface area contributed by atoms with Crippen LogP contribution in [0.2, 0.25) is 10.0 Å². The molecule has 2 atom stereocenters. The maximum Gasteiger partial charge on any atom is 0.264 e. The Labute approximate surface area is 250 Å². The minimum absolute atomic E-state index is 0.0509. The van der Waals surface area contributed by atoms with Crippen LogP contribution in [0.25, 0.3) is 0 Å². The second kappa shape index (κ2) is 14.0. The van der Waals surface area contributed by atoms with Gasteiger partial charge in [0.05, 0.1) is 27.7 Å². The third kappa shape index (κ3) is 8.12. The Hall–Kier alpha value is -3.34. The van der Waals surface area contributed by atoms with Crippen molar-refractivity contribution in [3.8, 4) is 5.75 Å². The molecule has 0 spiro atoms. The predicted octanol–water partition coefficient (Wildman–Crippen LogP) is 5.67. The predicted molar refractivity (Wildman–Crippen MR) is 158 cm³/mol. The molecule has 2 amide bonds. The number of rotatable bonds is 12. The van der Waals surface area contributed by atoms with Gasteiger partial charge in [-0.05, 0) is 86.5 Å². The van der Waals surface area contributed by atoms with Gasteiger partial charge in [0.1, 0.15) is 24.2 Å². The van der Waals surface area contributed by atoms with Gasteiger partial charge in [0.25, 0.3) is 10.0 Å². The summed E-state index contributed by atoms with van der Waals surface area (Å²) in [7, 11) is -2.85. The van der Waals surface area contributed by atoms with Crippen LogP contribution < -0.4 is 14.4 Å². The van der Waals surface area contributed by atoms with Crippen molar-refractivity contribution in [1.82, 2.24) is 10.2 Å². The summed E-state index contributed by atoms with van der Waals surface area (Å²) in [6.45, 7) is 4.60. The Morgan fingerprint density at radius 1 is 0.976 bits per heavy atom. The molecule has 1 N–H and O–H groups in total. The highest BCUT2D eigenvalue weighted by Gasteiger charge is 2.33. The molecule has 0 aliphatic heterocycles. The maximum absolute atomic E-state index is 13.9. The first-order valence-corrected chi connectivity index (χ1v) is 15.0. The fourth-order valence-electron chi connectivity index (χ4n) is 3.89. The van der Waals surface area contributed by atoms with Crippen LogP contribution in [-0.4, -0.2) is 50.9 Å². The largest absolute Gasteiger partial charge is 0.497 e. The van der Waals surface area contributed by atoms with Crippen molar-refractivity contribution in [1.29, 1.82) is 0 Å². The summed E-state index contributed by atoms with van der Waals surface area (Å²) in [6.07, 6.45) is 0.678. The van der Waals surface area contributed by atoms with Gasteiger partial charge in [-0.25, -0.2) is 12.8 Å². The number of carbonyl (C=O) groups excluding carboxylic acids is 2. The van der Waals surface area contributed by atoms with E-state index in [1.54, 1.807) is 25.1 Å². The summed E-state index contributed by atoms with van der Waals surface area (Å²) in [6, 6.07) is 14.1. The molecule has 41 heavy (non-hydrogen) atoms. The summed E-state index contributed by atoms with van der Waals surface area (Å²) in [5.41, 5.74) is 0.657. The number of anilines is 1. The molecular formula is C29H32Cl2FN3O5S. The molecule has 3 rings (SSSR count). The molecule has 0 radical (unpaired) electrons. The van der Waals surface area contributed by atoms with Crippen LogP contribution >= 0.6 is 23.2 Å². The molecule has 0 fully saturated rings. The molecule has 0 heterocycles. The highest BCUT2D eigenvalue weighted by molar-refractivity contribution is 7.92. The van der Waals surface area contributed by atoms with Gasteiger partial charge in [0, 0.05) is 12.6 Å². The number of sulfonamides is 1. The maximum atomic E-state index is 13.9. The van der Waals surface area contributed by atoms with Gasteiger partial charge in [-0.15, -0.1) is 0 Å². The van der Waals surface area contributed by atoms with Crippen LogP contribution in [0.4, 0.5) is 10.1 Å². The number of benzene rings is 3. The zero-order valence-corrected chi connectivity index (χ0v) is 25.4. The van der Waals surface area contributed by atoms with E-state index in [0.717, 1.165) is 16.4 Å². The second-order valence-corrected chi connectivity index (χ2v) is 12.1. The molecule has 220 valence electrons. The fraction of sp³-hybridized carbons (Fsp3) is 0.310. The van der Waals surface area contributed by atoms with E-state index < -0.39 is 40.2 Å². The van der Waals surface area contributed by atoms with Gasteiger partial charge in [0.15, 0.2) is 0 Å². The number of hydrogen-bond acceptors (Lipinski definition) is 5. The number of ether oxygens (including phenoxy) is 1. The lowest BCUT2D eigenvalue weighted by atomic mass is 10.1. The minimum atomic E-state index is -4.31. The molecule has 3 aromatic rings. The Kier molecular flexibility index (Phi) is 11.0. The Balaban J connectivity index is 2.03. The third-order valence-corrected chi connectivity index (χ3v) is 9.07. The molecule has 8 nitrogen and oxygen atoms in total. The van der Waals surface area contributed by atoms with E-state index in [-0.39, 0.29) is 28.2 Å². The molecule has 0 bridgehead atoms. The Bertz CT molecular complexity index is 1470. The van der Waals surface area contributed by atoms with Gasteiger partial charge in [-0.1, -0.05) is 36.2 Å². The van der Waals surface area contributed by atoms with Crippen LogP contribution in [0.15, 0.2) is 71.6 Å². The SMILES string of the molecule is CC[C@H](C)NC(=O)[C@H](C)N(Cc1ccc(Cl)c(Cl)c1)C(=O)CN(c1ccc(F)cc1)S(=O)(=O)c1ccc(OC)cc1. The van der Waals surface area contributed by atoms with Crippen LogP contribution in [0, 0.1) is 5.82 Å². The van der Waals surface area contributed by atoms with Crippen LogP contribution in [0.3, 0.4) is 0 Å². The molecule has 12 heteroatoms. The van der Waals surface area contributed by atoms with Gasteiger partial charge in [0.2, 0.25) is 11.8 Å². The van der Waals surface area contributed by atoms with E-state index in [0.29, 0.717) is 22.8 Å². The monoisotopic (exact) mass is 623 g/mol. The quantitative estimate of drug-likeness (QED) is 0.280. The molecule has 0 saturated carbocycles. The molecular weight excluding hydrogens is 592 g/mol. The van der Waals surface area contributed by atoms with Crippen molar-refractivity contribution in [3.63, 3.8) is 0 Å². The van der Waals surface area contributed by atoms with Crippen LogP contribution in [-0.2, 0) is 26.2 Å². The standard InChI is InChI=1S/C29H32Cl2FN3O5S/c1-5-19(2)33-29(37)20(3)34(17-21-6-15-26(30)27(31)16-21)28(36)18-35(23-9-7-22(32)8-10-23)41(38,39)25-13-11-24(40-4)12-14-25/h6-16,19-20H,5,17-18H2,1-4H3,(H,33,37)/t19-,20-/m0/s1. The van der Waals surface area contributed by atoms with Crippen molar-refractivity contribution in [2.24, 2.45) is 0 Å². The molecule has 0 aliphatic rings. The van der Waals surface area contributed by atoms with Crippen molar-refractivity contribution in [2.45, 2.75) is 50.7 Å². The fourth-order valence-corrected chi connectivity index (χ4v) is 5.63. The second-order valence-electron chi connectivity index (χ2n) is 9.43. The molecule has 0 saturated heterocycles. The molecule has 3 aromatic carbocycles. The van der Waals surface area contributed by atoms with E-state index in [1.165, 1.54) is 48.4 Å². The van der Waals surface area contributed by atoms with Crippen molar-refractivity contribution in [2.75, 3.05) is 18.0 Å². The van der Waals surface area contributed by atoms with Gasteiger partial charge in [-0.2, -0.15) is 0 Å². The molecule has 0 unspecified atom stereocenters. The summed E-state index contributed by atoms with van der Waals surface area (Å²) < 4.78 is 47.4. The summed E-state index contributed by atoms with van der Waals surface area (Å²) >= 11 is 12.2. The topological polar surface area (TPSA) is 96.0 Å². The Morgan fingerprint density at radius 3 is 2.17 bits per heavy atom. The van der Waals surface area contributed by atoms with Crippen molar-refractivity contribution in [3.05, 3.63) is 88.2 Å². The average molecular weight is 625 g/mol. The normalized spacial score (nSPS) is 12.8. The summed E-state index contributed by atoms with van der Waals surface area (Å²) in [4.78, 5) is 28.2. The first kappa shape index (κ1) is 32.2. The number of nitrogens with zero attached hydrogens (tertiary/aromatic N) is 2. The number of hydrogen-bond donors (Lipinski definition) is 1. The van der Waals surface area contributed by atoms with E-state index in [4.69, 9.17) is 27.9 Å². The number of halogens is 3. The van der Waals surface area contributed by atoms with Crippen LogP contribution in [0.5, 0.6) is 5.75 Å². The van der Waals surface area contributed by atoms with Gasteiger partial charge in [-0.3, -0.25) is 13.9 Å². The highest BCUT2D eigenvalue weighted by Crippen LogP contribution is 2.27. The highest BCUT2D eigenvalue weighted by atomic mass is 35.5. The summed E-state index contributed by atoms with van der Waals surface area (Å²) in [5.74, 6) is -1.19. The lowest BCUT2D eigenvalue weighted by molar-refractivity contribution is -0.139. The summed E-state index contributed by atoms with van der Waals surface area (Å²) in [5, 5.41) is 3.45. The first-order valence-electron chi connectivity index (χ1n) is 12.8. The van der Waals surface area contributed by atoms with E-state index in [9.17, 15) is 22.4 Å². The number of methoxy groups -OCH3 is 1. The lowest BCUT2D eigenvalue weighted by Crippen LogP contribution is -2.52. The smallest absolute Gasteiger partial charge is 0.264 e. The average Bonchev–Trinajstić information content (AvgIpc) is 2.96. The Morgan fingerprint density at radius 2 is 1.61 bits per heavy atom. The van der Waals surface area contributed by atoms with Gasteiger partial charge < -0.3 is 15.0 Å². The van der Waals surface area contributed by atoms with E-state index >= 15 is 0 Å². The zero-order valence-electron chi connectivity index (χ0n) is 23.1. The minimum Gasteiger partial charge on any atom is -0.497 e. The van der Waals surface area contributed by atoms with E-state index in [2.05, 4.69) is 5.32 Å². The van der Waals surface area contributed by atoms with Gasteiger partial charge >= 0.3 is 0 Å². The number of carbonyl (C=O) groups is 2. The third-order valence-electron chi connectivity index (χ3n) is 6.55. The first-order chi connectivity index (χ1) is 19.4. The number of amides is 2. The molecule has 0 aliphatic carbocycles. The lowest BCUT2D eigenvalue weighted by Gasteiger charge is -2.32. The number of nitrogens with one attached hydrogen (secondary N) is 1. The van der Waals surface area contributed by atoms with Crippen LogP contribution in [0.1, 0.15) is 32.8 Å². The molecule has 0 aromatic heterocycles. The van der Waals surface area contributed by atoms with Crippen molar-refractivity contribution >= 4 is 50.7 Å². The van der Waals surface area contributed by atoms with Crippen molar-refractivity contribution < 1.29 is 27.1 Å².